The number of rotatable bonds is 3. The first-order valence-corrected chi connectivity index (χ1v) is 7.18. The lowest BCUT2D eigenvalue weighted by Gasteiger charge is -2.33. The van der Waals surface area contributed by atoms with Gasteiger partial charge in [0.15, 0.2) is 0 Å². The van der Waals surface area contributed by atoms with Gasteiger partial charge in [0, 0.05) is 22.8 Å². The number of aliphatic hydroxyl groups excluding tert-OH is 1. The first kappa shape index (κ1) is 12.8. The molecule has 0 saturated carbocycles. The monoisotopic (exact) mass is 251 g/mol. The van der Waals surface area contributed by atoms with Gasteiger partial charge in [-0.25, -0.2) is 0 Å². The molecule has 0 radical (unpaired) electrons. The SMILES string of the molecule is CC(C)c1cccc2c1NC(C)C(CCO)S2. The minimum absolute atomic E-state index is 0.267. The van der Waals surface area contributed by atoms with Gasteiger partial charge in [0.05, 0.1) is 5.69 Å². The number of benzene rings is 1. The lowest BCUT2D eigenvalue weighted by molar-refractivity contribution is 0.284. The van der Waals surface area contributed by atoms with Gasteiger partial charge in [-0.05, 0) is 30.9 Å². The second-order valence-corrected chi connectivity index (χ2v) is 6.26. The van der Waals surface area contributed by atoms with Crippen molar-refractivity contribution in [2.75, 3.05) is 11.9 Å². The van der Waals surface area contributed by atoms with Gasteiger partial charge < -0.3 is 10.4 Å². The van der Waals surface area contributed by atoms with E-state index in [1.54, 1.807) is 0 Å². The van der Waals surface area contributed by atoms with Gasteiger partial charge in [0.1, 0.15) is 0 Å². The minimum atomic E-state index is 0.267. The fourth-order valence-electron chi connectivity index (χ4n) is 2.30. The number of para-hydroxylation sites is 1. The number of aliphatic hydroxyl groups is 1. The first-order chi connectivity index (χ1) is 8.13. The van der Waals surface area contributed by atoms with Crippen molar-refractivity contribution in [3.63, 3.8) is 0 Å². The van der Waals surface area contributed by atoms with Crippen LogP contribution in [0.25, 0.3) is 0 Å². The van der Waals surface area contributed by atoms with Gasteiger partial charge in [-0.15, -0.1) is 11.8 Å². The highest BCUT2D eigenvalue weighted by atomic mass is 32.2. The predicted molar refractivity (Wildman–Crippen MR) is 75.0 cm³/mol. The first-order valence-electron chi connectivity index (χ1n) is 6.30. The molecule has 1 aromatic carbocycles. The Morgan fingerprint density at radius 2 is 2.18 bits per heavy atom. The molecule has 94 valence electrons. The van der Waals surface area contributed by atoms with Gasteiger partial charge in [-0.2, -0.15) is 0 Å². The van der Waals surface area contributed by atoms with E-state index in [-0.39, 0.29) is 6.61 Å². The van der Waals surface area contributed by atoms with Crippen molar-refractivity contribution < 1.29 is 5.11 Å². The zero-order valence-corrected chi connectivity index (χ0v) is 11.6. The van der Waals surface area contributed by atoms with Crippen molar-refractivity contribution >= 4 is 17.4 Å². The predicted octanol–water partition coefficient (Wildman–Crippen LogP) is 3.47. The molecular formula is C14H21NOS. The lowest BCUT2D eigenvalue weighted by atomic mass is 10.00. The number of fused-ring (bicyclic) bond motifs is 1. The van der Waals surface area contributed by atoms with Gasteiger partial charge in [-0.3, -0.25) is 0 Å². The lowest BCUT2D eigenvalue weighted by Crippen LogP contribution is -2.33. The molecule has 1 aliphatic rings. The molecule has 3 heteroatoms. The van der Waals surface area contributed by atoms with Crippen LogP contribution in [-0.2, 0) is 0 Å². The molecule has 1 heterocycles. The molecule has 2 N–H and O–H groups in total. The van der Waals surface area contributed by atoms with E-state index in [4.69, 9.17) is 5.11 Å². The van der Waals surface area contributed by atoms with E-state index in [0.29, 0.717) is 17.2 Å². The third kappa shape index (κ3) is 2.61. The molecule has 17 heavy (non-hydrogen) atoms. The molecule has 2 unspecified atom stereocenters. The molecule has 2 rings (SSSR count). The van der Waals surface area contributed by atoms with Crippen molar-refractivity contribution in [2.24, 2.45) is 0 Å². The molecule has 0 spiro atoms. The van der Waals surface area contributed by atoms with E-state index >= 15 is 0 Å². The van der Waals surface area contributed by atoms with Crippen LogP contribution in [-0.4, -0.2) is 23.0 Å². The quantitative estimate of drug-likeness (QED) is 0.863. The number of anilines is 1. The van der Waals surface area contributed by atoms with Crippen LogP contribution >= 0.6 is 11.8 Å². The van der Waals surface area contributed by atoms with Gasteiger partial charge in [0.25, 0.3) is 0 Å². The Morgan fingerprint density at radius 3 is 2.82 bits per heavy atom. The Labute approximate surface area is 108 Å². The molecule has 0 aliphatic carbocycles. The third-order valence-electron chi connectivity index (χ3n) is 3.30. The summed E-state index contributed by atoms with van der Waals surface area (Å²) in [6.45, 7) is 6.93. The minimum Gasteiger partial charge on any atom is -0.396 e. The van der Waals surface area contributed by atoms with Gasteiger partial charge in [0.2, 0.25) is 0 Å². The summed E-state index contributed by atoms with van der Waals surface area (Å²) in [5.41, 5.74) is 2.69. The van der Waals surface area contributed by atoms with Crippen LogP contribution < -0.4 is 5.32 Å². The normalized spacial score (nSPS) is 23.4. The average molecular weight is 251 g/mol. The fraction of sp³-hybridized carbons (Fsp3) is 0.571. The molecule has 0 fully saturated rings. The number of nitrogens with one attached hydrogen (secondary N) is 1. The van der Waals surface area contributed by atoms with E-state index in [1.165, 1.54) is 16.1 Å². The molecule has 0 amide bonds. The second-order valence-electron chi connectivity index (χ2n) is 4.98. The van der Waals surface area contributed by atoms with Crippen LogP contribution in [0.4, 0.5) is 5.69 Å². The summed E-state index contributed by atoms with van der Waals surface area (Å²) >= 11 is 1.90. The zero-order chi connectivity index (χ0) is 12.4. The smallest absolute Gasteiger partial charge is 0.0516 e. The zero-order valence-electron chi connectivity index (χ0n) is 10.7. The number of thioether (sulfide) groups is 1. The maximum absolute atomic E-state index is 9.09. The maximum atomic E-state index is 9.09. The summed E-state index contributed by atoms with van der Waals surface area (Å²) in [7, 11) is 0. The van der Waals surface area contributed by atoms with Gasteiger partial charge >= 0.3 is 0 Å². The molecule has 0 aromatic heterocycles. The summed E-state index contributed by atoms with van der Waals surface area (Å²) in [5, 5.41) is 13.2. The Kier molecular flexibility index (Phi) is 4.00. The highest BCUT2D eigenvalue weighted by Crippen LogP contribution is 2.42. The van der Waals surface area contributed by atoms with Crippen molar-refractivity contribution in [1.82, 2.24) is 0 Å². The summed E-state index contributed by atoms with van der Waals surface area (Å²) in [6.07, 6.45) is 0.851. The van der Waals surface area contributed by atoms with E-state index in [9.17, 15) is 0 Å². The van der Waals surface area contributed by atoms with Crippen molar-refractivity contribution in [3.8, 4) is 0 Å². The van der Waals surface area contributed by atoms with E-state index in [2.05, 4.69) is 44.3 Å². The highest BCUT2D eigenvalue weighted by Gasteiger charge is 2.26. The Bertz CT molecular complexity index is 392. The largest absolute Gasteiger partial charge is 0.396 e. The number of hydrogen-bond acceptors (Lipinski definition) is 3. The van der Waals surface area contributed by atoms with Crippen molar-refractivity contribution in [2.45, 2.75) is 49.3 Å². The van der Waals surface area contributed by atoms with Crippen LogP contribution in [0.1, 0.15) is 38.7 Å². The van der Waals surface area contributed by atoms with E-state index in [0.717, 1.165) is 6.42 Å². The van der Waals surface area contributed by atoms with Crippen LogP contribution in [0.2, 0.25) is 0 Å². The van der Waals surface area contributed by atoms with E-state index in [1.807, 2.05) is 11.8 Å². The van der Waals surface area contributed by atoms with Crippen molar-refractivity contribution in [3.05, 3.63) is 23.8 Å². The number of hydrogen-bond donors (Lipinski definition) is 2. The van der Waals surface area contributed by atoms with Gasteiger partial charge in [-0.1, -0.05) is 26.0 Å². The molecule has 2 atom stereocenters. The molecule has 2 nitrogen and oxygen atoms in total. The molecule has 1 aliphatic heterocycles. The van der Waals surface area contributed by atoms with Crippen LogP contribution in [0.15, 0.2) is 23.1 Å². The molecule has 0 bridgehead atoms. The highest BCUT2D eigenvalue weighted by molar-refractivity contribution is 8.00. The topological polar surface area (TPSA) is 32.3 Å². The van der Waals surface area contributed by atoms with E-state index < -0.39 is 0 Å². The average Bonchev–Trinajstić information content (AvgIpc) is 2.29. The summed E-state index contributed by atoms with van der Waals surface area (Å²) < 4.78 is 0. The summed E-state index contributed by atoms with van der Waals surface area (Å²) in [6, 6.07) is 6.93. The molecular weight excluding hydrogens is 230 g/mol. The standard InChI is InChI=1S/C14H21NOS/c1-9(2)11-5-4-6-13-14(11)15-10(3)12(17-13)7-8-16/h4-6,9-10,12,15-16H,7-8H2,1-3H3. The Morgan fingerprint density at radius 1 is 1.41 bits per heavy atom. The fourth-order valence-corrected chi connectivity index (χ4v) is 3.58. The Hall–Kier alpha value is -0.670. The third-order valence-corrected chi connectivity index (χ3v) is 4.84. The molecule has 1 aromatic rings. The second kappa shape index (κ2) is 5.32. The van der Waals surface area contributed by atoms with Crippen LogP contribution in [0.5, 0.6) is 0 Å². The summed E-state index contributed by atoms with van der Waals surface area (Å²) in [4.78, 5) is 1.33. The van der Waals surface area contributed by atoms with Crippen LogP contribution in [0, 0.1) is 0 Å². The molecule has 0 saturated heterocycles. The Balaban J connectivity index is 2.30. The summed E-state index contributed by atoms with van der Waals surface area (Å²) in [5.74, 6) is 0.541. The maximum Gasteiger partial charge on any atom is 0.0516 e. The van der Waals surface area contributed by atoms with Crippen LogP contribution in [0.3, 0.4) is 0 Å². The van der Waals surface area contributed by atoms with Crippen molar-refractivity contribution in [1.29, 1.82) is 0 Å².